The van der Waals surface area contributed by atoms with Crippen molar-refractivity contribution in [1.29, 1.82) is 0 Å². The fourth-order valence-corrected chi connectivity index (χ4v) is 0.577. The monoisotopic (exact) mass is 192 g/mol. The van der Waals surface area contributed by atoms with Crippen LogP contribution in [0.1, 0.15) is 41.5 Å². The SMILES string of the molecule is C/C=C\C=C(C)C.CC=CC=C(C)C. The summed E-state index contributed by atoms with van der Waals surface area (Å²) in [6.45, 7) is 12.4. The van der Waals surface area contributed by atoms with E-state index in [9.17, 15) is 0 Å². The minimum absolute atomic E-state index is 1.35. The van der Waals surface area contributed by atoms with Crippen LogP contribution in [-0.2, 0) is 0 Å². The average Bonchev–Trinajstić information content (AvgIpc) is 2.12. The highest BCUT2D eigenvalue weighted by atomic mass is 13.7. The second-order valence-corrected chi connectivity index (χ2v) is 3.54. The molecule has 0 amide bonds. The number of allylic oxidation sites excluding steroid dienone is 8. The number of hydrogen-bond donors (Lipinski definition) is 0. The van der Waals surface area contributed by atoms with Crippen molar-refractivity contribution in [2.45, 2.75) is 41.5 Å². The summed E-state index contributed by atoms with van der Waals surface area (Å²) in [4.78, 5) is 0. The minimum atomic E-state index is 1.35. The molecule has 14 heavy (non-hydrogen) atoms. The van der Waals surface area contributed by atoms with E-state index in [0.29, 0.717) is 0 Å². The zero-order chi connectivity index (χ0) is 11.4. The van der Waals surface area contributed by atoms with E-state index >= 15 is 0 Å². The third-order valence-electron chi connectivity index (χ3n) is 1.24. The highest BCUT2D eigenvalue weighted by molar-refractivity contribution is 5.07. The molecule has 0 fully saturated rings. The standard InChI is InChI=1S/2C7H12/c2*1-4-5-6-7(2)3/h2*4-6H,1-3H3/b5-4-;. The van der Waals surface area contributed by atoms with Crippen molar-refractivity contribution >= 4 is 0 Å². The second-order valence-electron chi connectivity index (χ2n) is 3.54. The molecule has 0 aliphatic heterocycles. The van der Waals surface area contributed by atoms with E-state index in [4.69, 9.17) is 0 Å². The molecule has 0 nitrogen and oxygen atoms in total. The Labute approximate surface area is 89.7 Å². The molecule has 0 heterocycles. The first-order chi connectivity index (χ1) is 6.54. The van der Waals surface area contributed by atoms with E-state index in [2.05, 4.69) is 39.8 Å². The maximum absolute atomic E-state index is 2.08. The smallest absolute Gasteiger partial charge is 0.0439 e. The molecule has 80 valence electrons. The summed E-state index contributed by atoms with van der Waals surface area (Å²) in [7, 11) is 0. The van der Waals surface area contributed by atoms with Gasteiger partial charge in [-0.2, -0.15) is 0 Å². The molecule has 0 aromatic rings. The highest BCUT2D eigenvalue weighted by Gasteiger charge is 1.66. The molecule has 0 radical (unpaired) electrons. The van der Waals surface area contributed by atoms with Crippen molar-refractivity contribution in [3.63, 3.8) is 0 Å². The number of hydrogen-bond acceptors (Lipinski definition) is 0. The zero-order valence-electron chi connectivity index (χ0n) is 10.5. The van der Waals surface area contributed by atoms with Crippen LogP contribution < -0.4 is 0 Å². The summed E-state index contributed by atoms with van der Waals surface area (Å²) in [5.41, 5.74) is 2.69. The summed E-state index contributed by atoms with van der Waals surface area (Å²) in [6, 6.07) is 0. The summed E-state index contributed by atoms with van der Waals surface area (Å²) in [6.07, 6.45) is 12.3. The van der Waals surface area contributed by atoms with Crippen LogP contribution in [0.3, 0.4) is 0 Å². The predicted octanol–water partition coefficient (Wildman–Crippen LogP) is 5.06. The van der Waals surface area contributed by atoms with Crippen LogP contribution in [0.5, 0.6) is 0 Å². The van der Waals surface area contributed by atoms with Crippen LogP contribution in [0.2, 0.25) is 0 Å². The molecule has 0 N–H and O–H groups in total. The fraction of sp³-hybridized carbons (Fsp3) is 0.429. The van der Waals surface area contributed by atoms with Gasteiger partial charge in [-0.25, -0.2) is 0 Å². The quantitative estimate of drug-likeness (QED) is 0.537. The zero-order valence-corrected chi connectivity index (χ0v) is 10.5. The molecule has 0 saturated heterocycles. The Kier molecular flexibility index (Phi) is 13.2. The van der Waals surface area contributed by atoms with Crippen LogP contribution in [0.4, 0.5) is 0 Å². The first kappa shape index (κ1) is 15.4. The fourth-order valence-electron chi connectivity index (χ4n) is 0.577. The molecule has 0 rings (SSSR count). The van der Waals surface area contributed by atoms with Crippen molar-refractivity contribution in [3.8, 4) is 0 Å². The van der Waals surface area contributed by atoms with Gasteiger partial charge in [0.25, 0.3) is 0 Å². The van der Waals surface area contributed by atoms with E-state index in [1.54, 1.807) is 0 Å². The second kappa shape index (κ2) is 12.0. The Morgan fingerprint density at radius 2 is 0.929 bits per heavy atom. The average molecular weight is 192 g/mol. The minimum Gasteiger partial charge on any atom is -0.0877 e. The van der Waals surface area contributed by atoms with E-state index < -0.39 is 0 Å². The molecule has 0 atom stereocenters. The van der Waals surface area contributed by atoms with Crippen LogP contribution in [0.15, 0.2) is 47.6 Å². The van der Waals surface area contributed by atoms with Crippen molar-refractivity contribution in [2.24, 2.45) is 0 Å². The van der Waals surface area contributed by atoms with Crippen LogP contribution in [-0.4, -0.2) is 0 Å². The third kappa shape index (κ3) is 22.4. The molecule has 0 aromatic carbocycles. The normalized spacial score (nSPS) is 9.57. The van der Waals surface area contributed by atoms with Gasteiger partial charge in [-0.15, -0.1) is 0 Å². The third-order valence-corrected chi connectivity index (χ3v) is 1.24. The first-order valence-electron chi connectivity index (χ1n) is 5.07. The number of rotatable bonds is 2. The molecule has 0 spiro atoms. The first-order valence-corrected chi connectivity index (χ1v) is 5.07. The van der Waals surface area contributed by atoms with Gasteiger partial charge in [-0.1, -0.05) is 47.6 Å². The van der Waals surface area contributed by atoms with Gasteiger partial charge in [0.1, 0.15) is 0 Å². The van der Waals surface area contributed by atoms with Crippen molar-refractivity contribution in [3.05, 3.63) is 47.6 Å². The molecule has 0 bridgehead atoms. The molecule has 0 unspecified atom stereocenters. The van der Waals surface area contributed by atoms with E-state index in [0.717, 1.165) is 0 Å². The Hall–Kier alpha value is -1.04. The molecule has 0 aliphatic rings. The van der Waals surface area contributed by atoms with Crippen LogP contribution in [0.25, 0.3) is 0 Å². The topological polar surface area (TPSA) is 0 Å². The van der Waals surface area contributed by atoms with Gasteiger partial charge in [0, 0.05) is 0 Å². The highest BCUT2D eigenvalue weighted by Crippen LogP contribution is 1.87. The van der Waals surface area contributed by atoms with Gasteiger partial charge in [0.2, 0.25) is 0 Å². The van der Waals surface area contributed by atoms with E-state index in [-0.39, 0.29) is 0 Å². The maximum atomic E-state index is 2.08. The van der Waals surface area contributed by atoms with E-state index in [1.807, 2.05) is 38.2 Å². The predicted molar refractivity (Wildman–Crippen MR) is 68.5 cm³/mol. The van der Waals surface area contributed by atoms with Crippen molar-refractivity contribution in [2.75, 3.05) is 0 Å². The molecule has 0 aliphatic carbocycles. The summed E-state index contributed by atoms with van der Waals surface area (Å²) < 4.78 is 0. The van der Waals surface area contributed by atoms with Gasteiger partial charge in [0.15, 0.2) is 0 Å². The lowest BCUT2D eigenvalue weighted by atomic mass is 10.3. The Morgan fingerprint density at radius 1 is 0.643 bits per heavy atom. The largest absolute Gasteiger partial charge is 0.0877 e. The Balaban J connectivity index is 0. The van der Waals surface area contributed by atoms with Crippen LogP contribution in [0, 0.1) is 0 Å². The van der Waals surface area contributed by atoms with Gasteiger partial charge < -0.3 is 0 Å². The van der Waals surface area contributed by atoms with Gasteiger partial charge >= 0.3 is 0 Å². The summed E-state index contributed by atoms with van der Waals surface area (Å²) in [5, 5.41) is 0. The lowest BCUT2D eigenvalue weighted by Crippen LogP contribution is -1.56. The Bertz CT molecular complexity index is 190. The molecular formula is C14H24. The van der Waals surface area contributed by atoms with E-state index in [1.165, 1.54) is 11.1 Å². The lowest BCUT2D eigenvalue weighted by molar-refractivity contribution is 1.39. The van der Waals surface area contributed by atoms with Crippen molar-refractivity contribution in [1.82, 2.24) is 0 Å². The van der Waals surface area contributed by atoms with Gasteiger partial charge in [-0.05, 0) is 41.5 Å². The molecular weight excluding hydrogens is 168 g/mol. The van der Waals surface area contributed by atoms with Crippen molar-refractivity contribution < 1.29 is 0 Å². The maximum Gasteiger partial charge on any atom is -0.0439 e. The lowest BCUT2D eigenvalue weighted by Gasteiger charge is -1.78. The summed E-state index contributed by atoms with van der Waals surface area (Å²) in [5.74, 6) is 0. The summed E-state index contributed by atoms with van der Waals surface area (Å²) >= 11 is 0. The van der Waals surface area contributed by atoms with Crippen LogP contribution >= 0.6 is 0 Å². The molecule has 0 saturated carbocycles. The Morgan fingerprint density at radius 3 is 1.00 bits per heavy atom. The molecule has 0 heteroatoms. The molecule has 0 aromatic heterocycles. The van der Waals surface area contributed by atoms with Gasteiger partial charge in [-0.3, -0.25) is 0 Å². The van der Waals surface area contributed by atoms with Gasteiger partial charge in [0.05, 0.1) is 0 Å².